The number of aromatic nitrogens is 1. The van der Waals surface area contributed by atoms with Crippen molar-refractivity contribution >= 4 is 35.0 Å². The highest BCUT2D eigenvalue weighted by Gasteiger charge is 2.24. The Morgan fingerprint density at radius 3 is 3.15 bits per heavy atom. The molecule has 3 rings (SSSR count). The van der Waals surface area contributed by atoms with Gasteiger partial charge in [0.1, 0.15) is 6.61 Å². The molecule has 1 saturated heterocycles. The molecule has 20 heavy (non-hydrogen) atoms. The zero-order valence-corrected chi connectivity index (χ0v) is 12.9. The van der Waals surface area contributed by atoms with Gasteiger partial charge in [-0.25, -0.2) is 0 Å². The highest BCUT2D eigenvalue weighted by atomic mass is 35.5. The second-order valence-electron chi connectivity index (χ2n) is 4.86. The summed E-state index contributed by atoms with van der Waals surface area (Å²) in [5.41, 5.74) is 0.707. The van der Waals surface area contributed by atoms with Crippen molar-refractivity contribution in [3.05, 3.63) is 23.2 Å². The molecule has 0 saturated carbocycles. The van der Waals surface area contributed by atoms with E-state index in [1.807, 2.05) is 12.1 Å². The highest BCUT2D eigenvalue weighted by molar-refractivity contribution is 6.31. The summed E-state index contributed by atoms with van der Waals surface area (Å²) in [6.07, 6.45) is 2.43. The quantitative estimate of drug-likeness (QED) is 0.860. The van der Waals surface area contributed by atoms with Gasteiger partial charge in [-0.2, -0.15) is 0 Å². The first kappa shape index (κ1) is 15.4. The number of hydrogen-bond donors (Lipinski definition) is 0. The van der Waals surface area contributed by atoms with E-state index in [9.17, 15) is 0 Å². The van der Waals surface area contributed by atoms with E-state index in [4.69, 9.17) is 20.9 Å². The Morgan fingerprint density at radius 1 is 1.50 bits per heavy atom. The molecule has 6 heteroatoms. The molecule has 0 spiro atoms. The van der Waals surface area contributed by atoms with Crippen molar-refractivity contribution in [2.45, 2.75) is 25.8 Å². The minimum Gasteiger partial charge on any atom is -0.473 e. The van der Waals surface area contributed by atoms with Gasteiger partial charge in [0.05, 0.1) is 5.39 Å². The Bertz CT molecular complexity index is 573. The first-order valence-corrected chi connectivity index (χ1v) is 7.07. The molecule has 1 aromatic heterocycles. The second-order valence-corrected chi connectivity index (χ2v) is 5.30. The van der Waals surface area contributed by atoms with Crippen LogP contribution in [0.4, 0.5) is 0 Å². The van der Waals surface area contributed by atoms with Crippen LogP contribution in [-0.2, 0) is 0 Å². The van der Waals surface area contributed by atoms with Crippen LogP contribution in [-0.4, -0.2) is 35.8 Å². The van der Waals surface area contributed by atoms with Crippen molar-refractivity contribution in [3.8, 4) is 5.88 Å². The van der Waals surface area contributed by atoms with Crippen LogP contribution in [0, 0.1) is 0 Å². The molecule has 2 heterocycles. The van der Waals surface area contributed by atoms with E-state index in [1.165, 1.54) is 12.8 Å². The summed E-state index contributed by atoms with van der Waals surface area (Å²) in [7, 11) is 0. The minimum atomic E-state index is 0. The fraction of sp³-hybridized carbons (Fsp3) is 0.500. The van der Waals surface area contributed by atoms with Crippen molar-refractivity contribution in [1.29, 1.82) is 0 Å². The molecule has 0 N–H and O–H groups in total. The summed E-state index contributed by atoms with van der Waals surface area (Å²) < 4.78 is 11.1. The molecule has 0 amide bonds. The van der Waals surface area contributed by atoms with E-state index in [1.54, 1.807) is 6.07 Å². The Kier molecular flexibility index (Phi) is 5.13. The number of halogens is 2. The van der Waals surface area contributed by atoms with Crippen LogP contribution in [0.2, 0.25) is 5.02 Å². The molecule has 1 aromatic carbocycles. The number of benzene rings is 1. The Morgan fingerprint density at radius 2 is 2.35 bits per heavy atom. The standard InChI is InChI=1S/C14H17ClN2O2.ClH/c1-2-17-7-3-4-11(17)9-18-14-12-8-10(15)5-6-13(12)19-16-14;/h5-6,8,11H,2-4,7,9H2,1H3;1H/t11-;/m0./s1. The van der Waals surface area contributed by atoms with Crippen LogP contribution in [0.15, 0.2) is 22.7 Å². The zero-order chi connectivity index (χ0) is 13.2. The monoisotopic (exact) mass is 316 g/mol. The number of rotatable bonds is 4. The fourth-order valence-electron chi connectivity index (χ4n) is 2.67. The van der Waals surface area contributed by atoms with Crippen LogP contribution in [0.1, 0.15) is 19.8 Å². The van der Waals surface area contributed by atoms with E-state index in [2.05, 4.69) is 17.0 Å². The molecular formula is C14H18Cl2N2O2. The molecule has 0 bridgehead atoms. The van der Waals surface area contributed by atoms with E-state index in [0.29, 0.717) is 29.1 Å². The van der Waals surface area contributed by atoms with E-state index in [0.717, 1.165) is 18.5 Å². The van der Waals surface area contributed by atoms with E-state index in [-0.39, 0.29) is 12.4 Å². The number of ether oxygens (including phenoxy) is 1. The van der Waals surface area contributed by atoms with Crippen molar-refractivity contribution in [2.24, 2.45) is 0 Å². The number of hydrogen-bond acceptors (Lipinski definition) is 4. The lowest BCUT2D eigenvalue weighted by Crippen LogP contribution is -2.33. The van der Waals surface area contributed by atoms with Gasteiger partial charge in [-0.3, -0.25) is 4.90 Å². The number of nitrogens with zero attached hydrogens (tertiary/aromatic N) is 2. The normalized spacial score (nSPS) is 19.2. The van der Waals surface area contributed by atoms with E-state index < -0.39 is 0 Å². The third-order valence-corrected chi connectivity index (χ3v) is 3.95. The van der Waals surface area contributed by atoms with Crippen molar-refractivity contribution in [3.63, 3.8) is 0 Å². The maximum atomic E-state index is 5.99. The van der Waals surface area contributed by atoms with Gasteiger partial charge in [0.15, 0.2) is 5.58 Å². The zero-order valence-electron chi connectivity index (χ0n) is 11.3. The van der Waals surface area contributed by atoms with E-state index >= 15 is 0 Å². The van der Waals surface area contributed by atoms with Gasteiger partial charge in [0, 0.05) is 11.1 Å². The molecular weight excluding hydrogens is 299 g/mol. The van der Waals surface area contributed by atoms with Crippen molar-refractivity contribution in [2.75, 3.05) is 19.7 Å². The predicted octanol–water partition coefficient (Wildman–Crippen LogP) is 3.77. The molecule has 1 atom stereocenters. The van der Waals surface area contributed by atoms with Crippen molar-refractivity contribution < 1.29 is 9.26 Å². The topological polar surface area (TPSA) is 38.5 Å². The summed E-state index contributed by atoms with van der Waals surface area (Å²) in [6, 6.07) is 5.91. The largest absolute Gasteiger partial charge is 0.473 e. The molecule has 110 valence electrons. The third-order valence-electron chi connectivity index (χ3n) is 3.72. The second kappa shape index (κ2) is 6.66. The van der Waals surface area contributed by atoms with Gasteiger partial charge in [-0.1, -0.05) is 18.5 Å². The summed E-state index contributed by atoms with van der Waals surface area (Å²) in [6.45, 7) is 5.07. The minimum absolute atomic E-state index is 0. The number of likely N-dealkylation sites (tertiary alicyclic amines) is 1. The first-order chi connectivity index (χ1) is 9.28. The fourth-order valence-corrected chi connectivity index (χ4v) is 2.84. The van der Waals surface area contributed by atoms with Gasteiger partial charge in [0.25, 0.3) is 5.88 Å². The third kappa shape index (κ3) is 3.03. The number of fused-ring (bicyclic) bond motifs is 1. The lowest BCUT2D eigenvalue weighted by Gasteiger charge is -2.22. The summed E-state index contributed by atoms with van der Waals surface area (Å²) in [5, 5.41) is 5.48. The maximum absolute atomic E-state index is 5.99. The Hall–Kier alpha value is -0.970. The summed E-state index contributed by atoms with van der Waals surface area (Å²) in [5.74, 6) is 0.542. The Balaban J connectivity index is 0.00000147. The molecule has 0 unspecified atom stereocenters. The lowest BCUT2D eigenvalue weighted by molar-refractivity contribution is 0.171. The lowest BCUT2D eigenvalue weighted by atomic mass is 10.2. The van der Waals surface area contributed by atoms with Gasteiger partial charge in [-0.15, -0.1) is 12.4 Å². The van der Waals surface area contributed by atoms with Crippen LogP contribution >= 0.6 is 24.0 Å². The summed E-state index contributed by atoms with van der Waals surface area (Å²) >= 11 is 5.99. The SMILES string of the molecule is CCN1CCC[C@H]1COc1noc2ccc(Cl)cc12.Cl. The van der Waals surface area contributed by atoms with Crippen LogP contribution in [0.25, 0.3) is 11.0 Å². The molecule has 1 fully saturated rings. The predicted molar refractivity (Wildman–Crippen MR) is 82.0 cm³/mol. The van der Waals surface area contributed by atoms with Gasteiger partial charge in [-0.05, 0) is 49.3 Å². The van der Waals surface area contributed by atoms with Gasteiger partial charge >= 0.3 is 0 Å². The number of likely N-dealkylation sites (N-methyl/N-ethyl adjacent to an activating group) is 1. The molecule has 1 aliphatic heterocycles. The van der Waals surface area contributed by atoms with Crippen molar-refractivity contribution in [1.82, 2.24) is 10.1 Å². The average molecular weight is 317 g/mol. The van der Waals surface area contributed by atoms with Crippen LogP contribution in [0.3, 0.4) is 0 Å². The Labute approximate surface area is 129 Å². The van der Waals surface area contributed by atoms with Crippen LogP contribution in [0.5, 0.6) is 5.88 Å². The molecule has 1 aliphatic rings. The summed E-state index contributed by atoms with van der Waals surface area (Å²) in [4.78, 5) is 2.44. The molecule has 0 aliphatic carbocycles. The average Bonchev–Trinajstić information content (AvgIpc) is 3.02. The molecule has 2 aromatic rings. The smallest absolute Gasteiger partial charge is 0.262 e. The van der Waals surface area contributed by atoms with Gasteiger partial charge < -0.3 is 9.26 Å². The maximum Gasteiger partial charge on any atom is 0.262 e. The van der Waals surface area contributed by atoms with Crippen LogP contribution < -0.4 is 4.74 Å². The molecule has 4 nitrogen and oxygen atoms in total. The first-order valence-electron chi connectivity index (χ1n) is 6.69. The molecule has 0 radical (unpaired) electrons. The highest BCUT2D eigenvalue weighted by Crippen LogP contribution is 2.28. The van der Waals surface area contributed by atoms with Gasteiger partial charge in [0.2, 0.25) is 0 Å².